The molecule has 1 saturated heterocycles. The molecule has 1 N–H and O–H groups in total. The fourth-order valence-electron chi connectivity index (χ4n) is 3.37. The van der Waals surface area contributed by atoms with Crippen molar-refractivity contribution >= 4 is 12.2 Å². The minimum absolute atomic E-state index is 0.0495. The van der Waals surface area contributed by atoms with Crippen LogP contribution in [0.1, 0.15) is 58.7 Å². The van der Waals surface area contributed by atoms with Gasteiger partial charge in [-0.05, 0) is 43.8 Å². The van der Waals surface area contributed by atoms with Crippen molar-refractivity contribution in [3.63, 3.8) is 0 Å². The van der Waals surface area contributed by atoms with Crippen molar-refractivity contribution in [2.75, 3.05) is 6.54 Å². The van der Waals surface area contributed by atoms with Crippen LogP contribution in [0.4, 0.5) is 0 Å². The fourth-order valence-corrected chi connectivity index (χ4v) is 3.67. The minimum Gasteiger partial charge on any atom is -0.388 e. The van der Waals surface area contributed by atoms with Crippen LogP contribution in [-0.2, 0) is 19.8 Å². The Kier molecular flexibility index (Phi) is 6.59. The van der Waals surface area contributed by atoms with Crippen molar-refractivity contribution in [2.45, 2.75) is 78.7 Å². The molecule has 1 atom stereocenters. The first-order valence-electron chi connectivity index (χ1n) is 8.58. The van der Waals surface area contributed by atoms with Gasteiger partial charge in [0.05, 0.1) is 6.67 Å². The molecule has 1 unspecified atom stereocenters. The zero-order valence-corrected chi connectivity index (χ0v) is 15.0. The zero-order chi connectivity index (χ0) is 16.1. The van der Waals surface area contributed by atoms with E-state index in [0.717, 1.165) is 31.0 Å². The molecule has 0 radical (unpaired) electrons. The second-order valence-electron chi connectivity index (χ2n) is 6.74. The van der Waals surface area contributed by atoms with Crippen LogP contribution < -0.4 is 0 Å². The number of aromatic nitrogens is 3. The van der Waals surface area contributed by atoms with Crippen LogP contribution in [0.15, 0.2) is 0 Å². The van der Waals surface area contributed by atoms with Crippen LogP contribution in [0, 0.1) is 10.7 Å². The lowest BCUT2D eigenvalue weighted by atomic mass is 9.94. The van der Waals surface area contributed by atoms with Gasteiger partial charge in [0, 0.05) is 19.1 Å². The molecule has 1 aromatic heterocycles. The van der Waals surface area contributed by atoms with Gasteiger partial charge in [0.25, 0.3) is 0 Å². The third-order valence-corrected chi connectivity index (χ3v) is 4.83. The molecule has 1 aliphatic rings. The molecular weight excluding hydrogens is 296 g/mol. The molecule has 0 saturated carbocycles. The van der Waals surface area contributed by atoms with E-state index in [2.05, 4.69) is 30.8 Å². The summed E-state index contributed by atoms with van der Waals surface area (Å²) in [5.74, 6) is 1.40. The number of nitrogens with zero attached hydrogens (tertiary/aromatic N) is 4. The Morgan fingerprint density at radius 2 is 2.14 bits per heavy atom. The van der Waals surface area contributed by atoms with Crippen LogP contribution in [0.3, 0.4) is 0 Å². The number of rotatable bonds is 7. The number of piperidine rings is 1. The lowest BCUT2D eigenvalue weighted by molar-refractivity contribution is 0.0884. The molecule has 2 rings (SSSR count). The van der Waals surface area contributed by atoms with Crippen LogP contribution in [0.25, 0.3) is 0 Å². The van der Waals surface area contributed by atoms with Gasteiger partial charge >= 0.3 is 0 Å². The highest BCUT2D eigenvalue weighted by Crippen LogP contribution is 2.23. The standard InChI is InChI=1S/C16H30N4OS/c1-4-8-19-15(11-21)17-20(16(19)22)12-18-9-6-5-7-14(18)10-13(2)3/h13-14,21H,4-12H2,1-3H3. The van der Waals surface area contributed by atoms with Crippen LogP contribution in [0.2, 0.25) is 0 Å². The number of likely N-dealkylation sites (tertiary alicyclic amines) is 1. The van der Waals surface area contributed by atoms with E-state index in [1.54, 1.807) is 0 Å². The average Bonchev–Trinajstić information content (AvgIpc) is 2.78. The summed E-state index contributed by atoms with van der Waals surface area (Å²) in [5, 5.41) is 14.0. The summed E-state index contributed by atoms with van der Waals surface area (Å²) < 4.78 is 4.60. The molecule has 0 bridgehead atoms. The summed E-state index contributed by atoms with van der Waals surface area (Å²) in [6, 6.07) is 0.629. The Bertz CT molecular complexity index is 523. The fraction of sp³-hybridized carbons (Fsp3) is 0.875. The Labute approximate surface area is 138 Å². The quantitative estimate of drug-likeness (QED) is 0.782. The van der Waals surface area contributed by atoms with Crippen molar-refractivity contribution in [3.8, 4) is 0 Å². The molecule has 0 aliphatic carbocycles. The third-order valence-electron chi connectivity index (χ3n) is 4.40. The summed E-state index contributed by atoms with van der Waals surface area (Å²) >= 11 is 5.57. The first-order chi connectivity index (χ1) is 10.6. The van der Waals surface area contributed by atoms with E-state index < -0.39 is 0 Å². The average molecular weight is 327 g/mol. The van der Waals surface area contributed by atoms with Gasteiger partial charge in [-0.25, -0.2) is 4.68 Å². The molecular formula is C16H30N4OS. The van der Waals surface area contributed by atoms with E-state index in [1.807, 2.05) is 9.25 Å². The van der Waals surface area contributed by atoms with E-state index in [4.69, 9.17) is 12.2 Å². The highest BCUT2D eigenvalue weighted by Gasteiger charge is 2.24. The molecule has 1 aliphatic heterocycles. The molecule has 2 heterocycles. The van der Waals surface area contributed by atoms with Crippen molar-refractivity contribution in [1.29, 1.82) is 0 Å². The Morgan fingerprint density at radius 3 is 2.77 bits per heavy atom. The van der Waals surface area contributed by atoms with E-state index >= 15 is 0 Å². The molecule has 5 nitrogen and oxygen atoms in total. The Morgan fingerprint density at radius 1 is 1.36 bits per heavy atom. The third kappa shape index (κ3) is 4.18. The maximum absolute atomic E-state index is 9.50. The van der Waals surface area contributed by atoms with Gasteiger partial charge in [0.1, 0.15) is 6.61 Å². The normalized spacial score (nSPS) is 20.0. The lowest BCUT2D eigenvalue weighted by Crippen LogP contribution is -2.41. The first-order valence-corrected chi connectivity index (χ1v) is 8.99. The number of hydrogen-bond acceptors (Lipinski definition) is 4. The lowest BCUT2D eigenvalue weighted by Gasteiger charge is -2.36. The van der Waals surface area contributed by atoms with Gasteiger partial charge in [-0.15, -0.1) is 0 Å². The van der Waals surface area contributed by atoms with Crippen molar-refractivity contribution in [2.24, 2.45) is 5.92 Å². The van der Waals surface area contributed by atoms with Crippen LogP contribution in [0.5, 0.6) is 0 Å². The number of hydrogen-bond donors (Lipinski definition) is 1. The highest BCUT2D eigenvalue weighted by molar-refractivity contribution is 7.71. The molecule has 1 aromatic rings. The van der Waals surface area contributed by atoms with E-state index in [1.165, 1.54) is 25.7 Å². The van der Waals surface area contributed by atoms with E-state index in [9.17, 15) is 5.11 Å². The van der Waals surface area contributed by atoms with Gasteiger partial charge in [-0.3, -0.25) is 4.90 Å². The minimum atomic E-state index is -0.0495. The molecule has 1 fully saturated rings. The monoisotopic (exact) mass is 326 g/mol. The summed E-state index contributed by atoms with van der Waals surface area (Å²) in [4.78, 5) is 2.52. The molecule has 126 valence electrons. The van der Waals surface area contributed by atoms with Gasteiger partial charge in [0.2, 0.25) is 0 Å². The van der Waals surface area contributed by atoms with Gasteiger partial charge in [0.15, 0.2) is 10.6 Å². The molecule has 0 spiro atoms. The second kappa shape index (κ2) is 8.22. The topological polar surface area (TPSA) is 46.2 Å². The zero-order valence-electron chi connectivity index (χ0n) is 14.2. The van der Waals surface area contributed by atoms with Gasteiger partial charge in [-0.2, -0.15) is 5.10 Å². The molecule has 0 amide bonds. The number of aliphatic hydroxyl groups excluding tert-OH is 1. The van der Waals surface area contributed by atoms with Crippen molar-refractivity contribution in [1.82, 2.24) is 19.2 Å². The van der Waals surface area contributed by atoms with Gasteiger partial charge in [-0.1, -0.05) is 27.2 Å². The molecule has 6 heteroatoms. The maximum Gasteiger partial charge on any atom is 0.199 e. The van der Waals surface area contributed by atoms with Gasteiger partial charge < -0.3 is 9.67 Å². The predicted octanol–water partition coefficient (Wildman–Crippen LogP) is 3.17. The SMILES string of the molecule is CCCn1c(CO)nn(CN2CCCCC2CC(C)C)c1=S. The van der Waals surface area contributed by atoms with Crippen LogP contribution >= 0.6 is 12.2 Å². The first kappa shape index (κ1) is 17.6. The Balaban J connectivity index is 2.16. The summed E-state index contributed by atoms with van der Waals surface area (Å²) in [6.07, 6.45) is 6.08. The highest BCUT2D eigenvalue weighted by atomic mass is 32.1. The predicted molar refractivity (Wildman–Crippen MR) is 91.1 cm³/mol. The molecule has 22 heavy (non-hydrogen) atoms. The number of aliphatic hydroxyl groups is 1. The van der Waals surface area contributed by atoms with E-state index in [-0.39, 0.29) is 6.61 Å². The summed E-state index contributed by atoms with van der Waals surface area (Å²) in [7, 11) is 0. The summed E-state index contributed by atoms with van der Waals surface area (Å²) in [5.41, 5.74) is 0. The molecule has 0 aromatic carbocycles. The van der Waals surface area contributed by atoms with Crippen molar-refractivity contribution < 1.29 is 5.11 Å². The summed E-state index contributed by atoms with van der Waals surface area (Å²) in [6.45, 7) is 9.34. The Hall–Kier alpha value is -0.720. The second-order valence-corrected chi connectivity index (χ2v) is 7.11. The van der Waals surface area contributed by atoms with E-state index in [0.29, 0.717) is 17.8 Å². The van der Waals surface area contributed by atoms with Crippen LogP contribution in [-0.4, -0.2) is 36.9 Å². The largest absolute Gasteiger partial charge is 0.388 e. The maximum atomic E-state index is 9.50. The smallest absolute Gasteiger partial charge is 0.199 e. The van der Waals surface area contributed by atoms with Crippen molar-refractivity contribution in [3.05, 3.63) is 10.6 Å².